The average Bonchev–Trinajstić information content (AvgIpc) is 2.25. The summed E-state index contributed by atoms with van der Waals surface area (Å²) in [6.45, 7) is 4.01. The van der Waals surface area contributed by atoms with Crippen molar-refractivity contribution >= 4 is 27.5 Å². The lowest BCUT2D eigenvalue weighted by Gasteiger charge is -2.13. The summed E-state index contributed by atoms with van der Waals surface area (Å²) in [7, 11) is 0. The van der Waals surface area contributed by atoms with E-state index in [9.17, 15) is 5.11 Å². The highest BCUT2D eigenvalue weighted by Gasteiger charge is 2.09. The van der Waals surface area contributed by atoms with E-state index in [0.717, 1.165) is 15.6 Å². The molecule has 0 radical (unpaired) electrons. The number of aliphatic hydroxyl groups is 1. The van der Waals surface area contributed by atoms with Gasteiger partial charge in [-0.05, 0) is 31.6 Å². The lowest BCUT2D eigenvalue weighted by atomic mass is 10.1. The molecule has 88 valence electrons. The van der Waals surface area contributed by atoms with Crippen molar-refractivity contribution in [2.75, 3.05) is 6.61 Å². The van der Waals surface area contributed by atoms with Crippen molar-refractivity contribution in [2.45, 2.75) is 20.0 Å². The molecule has 0 bridgehead atoms. The Morgan fingerprint density at radius 3 is 2.88 bits per heavy atom. The van der Waals surface area contributed by atoms with Crippen LogP contribution in [-0.2, 0) is 0 Å². The summed E-state index contributed by atoms with van der Waals surface area (Å²) in [5.41, 5.74) is 3.18. The molecule has 1 rings (SSSR count). The van der Waals surface area contributed by atoms with Crippen LogP contribution >= 0.6 is 27.5 Å². The molecule has 1 N–H and O–H groups in total. The van der Waals surface area contributed by atoms with E-state index in [0.29, 0.717) is 12.4 Å². The number of rotatable bonds is 4. The molecule has 0 saturated heterocycles. The monoisotopic (exact) mass is 304 g/mol. The first kappa shape index (κ1) is 13.6. The Bertz CT molecular complexity index is 389. The molecule has 0 aliphatic rings. The second kappa shape index (κ2) is 6.28. The SMILES string of the molecule is C/C(=C\Cl)COc1cc(Br)ccc1C(C)O. The van der Waals surface area contributed by atoms with E-state index < -0.39 is 6.10 Å². The third-order valence-corrected chi connectivity index (χ3v) is 2.93. The van der Waals surface area contributed by atoms with Gasteiger partial charge >= 0.3 is 0 Å². The highest BCUT2D eigenvalue weighted by Crippen LogP contribution is 2.28. The van der Waals surface area contributed by atoms with Crippen molar-refractivity contribution in [1.29, 1.82) is 0 Å². The molecule has 16 heavy (non-hydrogen) atoms. The fourth-order valence-corrected chi connectivity index (χ4v) is 1.60. The van der Waals surface area contributed by atoms with Gasteiger partial charge in [0.05, 0.1) is 6.10 Å². The van der Waals surface area contributed by atoms with Crippen molar-refractivity contribution < 1.29 is 9.84 Å². The van der Waals surface area contributed by atoms with Crippen LogP contribution in [0.1, 0.15) is 25.5 Å². The maximum absolute atomic E-state index is 9.58. The molecule has 0 aromatic heterocycles. The fourth-order valence-electron chi connectivity index (χ4n) is 1.20. The molecule has 0 aliphatic heterocycles. The minimum Gasteiger partial charge on any atom is -0.489 e. The first-order valence-electron chi connectivity index (χ1n) is 4.90. The number of ether oxygens (including phenoxy) is 1. The van der Waals surface area contributed by atoms with Crippen LogP contribution in [0.3, 0.4) is 0 Å². The van der Waals surface area contributed by atoms with Gasteiger partial charge < -0.3 is 9.84 Å². The van der Waals surface area contributed by atoms with Gasteiger partial charge in [0.2, 0.25) is 0 Å². The van der Waals surface area contributed by atoms with E-state index in [4.69, 9.17) is 16.3 Å². The van der Waals surface area contributed by atoms with Gasteiger partial charge in [-0.1, -0.05) is 33.6 Å². The number of aliphatic hydroxyl groups excluding tert-OH is 1. The van der Waals surface area contributed by atoms with E-state index in [-0.39, 0.29) is 0 Å². The van der Waals surface area contributed by atoms with Gasteiger partial charge in [-0.2, -0.15) is 0 Å². The summed E-state index contributed by atoms with van der Waals surface area (Å²) < 4.78 is 6.51. The molecule has 1 aromatic carbocycles. The summed E-state index contributed by atoms with van der Waals surface area (Å²) in [6.07, 6.45) is -0.552. The van der Waals surface area contributed by atoms with Crippen LogP contribution in [0.4, 0.5) is 0 Å². The molecular weight excluding hydrogens is 291 g/mol. The second-order valence-electron chi connectivity index (χ2n) is 3.60. The lowest BCUT2D eigenvalue weighted by Crippen LogP contribution is -2.03. The molecule has 4 heteroatoms. The summed E-state index contributed by atoms with van der Waals surface area (Å²) in [5, 5.41) is 9.58. The molecule has 0 aliphatic carbocycles. The van der Waals surface area contributed by atoms with Crippen molar-refractivity contribution in [3.05, 3.63) is 39.3 Å². The molecule has 1 atom stereocenters. The number of halogens is 2. The molecule has 0 heterocycles. The highest BCUT2D eigenvalue weighted by atomic mass is 79.9. The Morgan fingerprint density at radius 2 is 2.31 bits per heavy atom. The quantitative estimate of drug-likeness (QED) is 0.910. The molecule has 0 spiro atoms. The summed E-state index contributed by atoms with van der Waals surface area (Å²) in [4.78, 5) is 0. The summed E-state index contributed by atoms with van der Waals surface area (Å²) in [5.74, 6) is 0.669. The summed E-state index contributed by atoms with van der Waals surface area (Å²) >= 11 is 8.92. The van der Waals surface area contributed by atoms with E-state index >= 15 is 0 Å². The zero-order valence-corrected chi connectivity index (χ0v) is 11.5. The second-order valence-corrected chi connectivity index (χ2v) is 4.74. The predicted molar refractivity (Wildman–Crippen MR) is 69.9 cm³/mol. The highest BCUT2D eigenvalue weighted by molar-refractivity contribution is 9.10. The van der Waals surface area contributed by atoms with Crippen molar-refractivity contribution in [1.82, 2.24) is 0 Å². The maximum Gasteiger partial charge on any atom is 0.126 e. The topological polar surface area (TPSA) is 29.5 Å². The first-order chi connectivity index (χ1) is 7.54. The smallest absolute Gasteiger partial charge is 0.126 e. The number of hydrogen-bond acceptors (Lipinski definition) is 2. The van der Waals surface area contributed by atoms with Gasteiger partial charge in [-0.25, -0.2) is 0 Å². The normalized spacial score (nSPS) is 13.7. The lowest BCUT2D eigenvalue weighted by molar-refractivity contribution is 0.192. The van der Waals surface area contributed by atoms with Crippen LogP contribution in [0.5, 0.6) is 5.75 Å². The van der Waals surface area contributed by atoms with Gasteiger partial charge in [-0.15, -0.1) is 0 Å². The Kier molecular flexibility index (Phi) is 5.32. The standard InChI is InChI=1S/C12H14BrClO2/c1-8(6-14)7-16-12-5-10(13)3-4-11(12)9(2)15/h3-6,9,15H,7H2,1-2H3/b8-6+. The molecule has 0 fully saturated rings. The van der Waals surface area contributed by atoms with Crippen molar-refractivity contribution in [3.8, 4) is 5.75 Å². The van der Waals surface area contributed by atoms with Crippen LogP contribution in [0.25, 0.3) is 0 Å². The first-order valence-corrected chi connectivity index (χ1v) is 6.13. The fraction of sp³-hybridized carbons (Fsp3) is 0.333. The Hall–Kier alpha value is -0.510. The van der Waals surface area contributed by atoms with Crippen molar-refractivity contribution in [2.24, 2.45) is 0 Å². The zero-order chi connectivity index (χ0) is 12.1. The zero-order valence-electron chi connectivity index (χ0n) is 9.21. The van der Waals surface area contributed by atoms with Crippen LogP contribution in [0.2, 0.25) is 0 Å². The van der Waals surface area contributed by atoms with Gasteiger partial charge in [0.1, 0.15) is 12.4 Å². The van der Waals surface area contributed by atoms with Gasteiger partial charge in [-0.3, -0.25) is 0 Å². The van der Waals surface area contributed by atoms with Gasteiger partial charge in [0.25, 0.3) is 0 Å². The maximum atomic E-state index is 9.58. The Labute approximate surface area is 109 Å². The van der Waals surface area contributed by atoms with E-state index in [1.807, 2.05) is 25.1 Å². The van der Waals surface area contributed by atoms with E-state index in [1.165, 1.54) is 5.54 Å². The number of benzene rings is 1. The van der Waals surface area contributed by atoms with Crippen LogP contribution in [0.15, 0.2) is 33.8 Å². The summed E-state index contributed by atoms with van der Waals surface area (Å²) in [6, 6.07) is 5.55. The molecule has 1 unspecified atom stereocenters. The molecule has 2 nitrogen and oxygen atoms in total. The van der Waals surface area contributed by atoms with Crippen LogP contribution in [0, 0.1) is 0 Å². The molecular formula is C12H14BrClO2. The van der Waals surface area contributed by atoms with Gasteiger partial charge in [0, 0.05) is 15.6 Å². The van der Waals surface area contributed by atoms with E-state index in [2.05, 4.69) is 15.9 Å². The molecule has 1 aromatic rings. The van der Waals surface area contributed by atoms with Crippen LogP contribution in [-0.4, -0.2) is 11.7 Å². The largest absolute Gasteiger partial charge is 0.489 e. The molecule has 0 saturated carbocycles. The van der Waals surface area contributed by atoms with E-state index in [1.54, 1.807) is 6.92 Å². The van der Waals surface area contributed by atoms with Crippen molar-refractivity contribution in [3.63, 3.8) is 0 Å². The number of hydrogen-bond donors (Lipinski definition) is 1. The Balaban J connectivity index is 2.88. The third kappa shape index (κ3) is 3.81. The predicted octanol–water partition coefficient (Wildman–Crippen LogP) is 4.02. The molecule has 0 amide bonds. The van der Waals surface area contributed by atoms with Gasteiger partial charge in [0.15, 0.2) is 0 Å². The third-order valence-electron chi connectivity index (χ3n) is 2.07. The minimum absolute atomic E-state index is 0.416. The Morgan fingerprint density at radius 1 is 1.62 bits per heavy atom. The minimum atomic E-state index is -0.552. The van der Waals surface area contributed by atoms with Crippen LogP contribution < -0.4 is 4.74 Å². The average molecular weight is 306 g/mol.